The van der Waals surface area contributed by atoms with E-state index >= 15 is 0 Å². The van der Waals surface area contributed by atoms with E-state index in [9.17, 15) is 9.59 Å². The number of benzene rings is 2. The van der Waals surface area contributed by atoms with Crippen LogP contribution in [-0.4, -0.2) is 27.5 Å². The first kappa shape index (κ1) is 18.3. The number of carbonyl (C=O) groups excluding carboxylic acids is 2. The summed E-state index contributed by atoms with van der Waals surface area (Å²) in [7, 11) is 0. The van der Waals surface area contributed by atoms with E-state index in [1.54, 1.807) is 18.2 Å². The molecule has 2 aromatic carbocycles. The van der Waals surface area contributed by atoms with Gasteiger partial charge in [0, 0.05) is 33.5 Å². The minimum absolute atomic E-state index is 0.486. The van der Waals surface area contributed by atoms with Crippen molar-refractivity contribution >= 4 is 45.7 Å². The second kappa shape index (κ2) is 6.53. The van der Waals surface area contributed by atoms with Gasteiger partial charge < -0.3 is 9.72 Å². The number of aromatic nitrogens is 2. The van der Waals surface area contributed by atoms with Crippen molar-refractivity contribution < 1.29 is 14.3 Å². The van der Waals surface area contributed by atoms with Crippen molar-refractivity contribution in [2.45, 2.75) is 26.4 Å². The zero-order chi connectivity index (χ0) is 20.1. The molecule has 0 unspecified atom stereocenters. The summed E-state index contributed by atoms with van der Waals surface area (Å²) >= 11 is 6.39. The molecule has 0 atom stereocenters. The zero-order valence-electron chi connectivity index (χ0n) is 15.7. The van der Waals surface area contributed by atoms with Crippen LogP contribution in [-0.2, 0) is 4.74 Å². The summed E-state index contributed by atoms with van der Waals surface area (Å²) in [6, 6.07) is 12.9. The summed E-state index contributed by atoms with van der Waals surface area (Å²) in [6.45, 7) is 5.47. The van der Waals surface area contributed by atoms with Crippen LogP contribution in [0.5, 0.6) is 0 Å². The largest absolute Gasteiger partial charge is 0.443 e. The first-order valence-electron chi connectivity index (χ1n) is 8.88. The van der Waals surface area contributed by atoms with Gasteiger partial charge >= 0.3 is 6.09 Å². The topological polar surface area (TPSA) is 64.1 Å². The summed E-state index contributed by atoms with van der Waals surface area (Å²) < 4.78 is 7.18. The number of aromatic amines is 1. The standard InChI is InChI=1S/C22H19ClN2O3/c1-22(2,3)28-21(27)25-17-8-7-13(12-26)9-15(17)10-18(25)16-6-4-5-14-11-24-20(23)19(14)16/h4-12,24H,1-3H3. The van der Waals surface area contributed by atoms with Crippen LogP contribution in [0, 0.1) is 0 Å². The van der Waals surface area contributed by atoms with E-state index in [1.165, 1.54) is 4.57 Å². The van der Waals surface area contributed by atoms with Crippen molar-refractivity contribution in [3.05, 3.63) is 59.4 Å². The molecule has 0 aliphatic carbocycles. The first-order valence-corrected chi connectivity index (χ1v) is 9.26. The van der Waals surface area contributed by atoms with Crippen molar-refractivity contribution in [2.75, 3.05) is 0 Å². The number of carbonyl (C=O) groups is 2. The van der Waals surface area contributed by atoms with Crippen molar-refractivity contribution in [2.24, 2.45) is 0 Å². The molecule has 1 N–H and O–H groups in total. The molecule has 4 aromatic rings. The molecule has 4 rings (SSSR count). The number of fused-ring (bicyclic) bond motifs is 2. The van der Waals surface area contributed by atoms with Crippen molar-refractivity contribution in [1.82, 2.24) is 9.55 Å². The molecule has 0 fully saturated rings. The second-order valence-electron chi connectivity index (χ2n) is 7.65. The van der Waals surface area contributed by atoms with Crippen LogP contribution in [0.15, 0.2) is 48.7 Å². The fraction of sp³-hybridized carbons (Fsp3) is 0.182. The van der Waals surface area contributed by atoms with Crippen LogP contribution in [0.1, 0.15) is 31.1 Å². The number of H-pyrrole nitrogens is 1. The molecule has 0 radical (unpaired) electrons. The van der Waals surface area contributed by atoms with Crippen molar-refractivity contribution in [3.8, 4) is 11.3 Å². The van der Waals surface area contributed by atoms with Gasteiger partial charge in [-0.05, 0) is 45.0 Å². The summed E-state index contributed by atoms with van der Waals surface area (Å²) in [6.07, 6.45) is 2.12. The van der Waals surface area contributed by atoms with Gasteiger partial charge in [0.1, 0.15) is 17.0 Å². The average molecular weight is 395 g/mol. The quantitative estimate of drug-likeness (QED) is 0.421. The molecule has 28 heavy (non-hydrogen) atoms. The molecule has 0 aliphatic rings. The van der Waals surface area contributed by atoms with E-state index in [0.29, 0.717) is 21.9 Å². The van der Waals surface area contributed by atoms with Gasteiger partial charge in [-0.25, -0.2) is 9.36 Å². The van der Waals surface area contributed by atoms with Gasteiger partial charge in [0.25, 0.3) is 0 Å². The van der Waals surface area contributed by atoms with Crippen molar-refractivity contribution in [3.63, 3.8) is 0 Å². The van der Waals surface area contributed by atoms with Crippen LogP contribution < -0.4 is 0 Å². The Morgan fingerprint density at radius 2 is 1.93 bits per heavy atom. The number of nitrogens with one attached hydrogen (secondary N) is 1. The Labute approximate surface area is 166 Å². The summed E-state index contributed by atoms with van der Waals surface area (Å²) in [4.78, 5) is 27.3. The highest BCUT2D eigenvalue weighted by atomic mass is 35.5. The van der Waals surface area contributed by atoms with Crippen LogP contribution in [0.25, 0.3) is 32.9 Å². The Morgan fingerprint density at radius 3 is 2.64 bits per heavy atom. The smallest absolute Gasteiger partial charge is 0.419 e. The average Bonchev–Trinajstić information content (AvgIpc) is 3.20. The Bertz CT molecular complexity index is 1230. The van der Waals surface area contributed by atoms with Crippen LogP contribution in [0.3, 0.4) is 0 Å². The minimum atomic E-state index is -0.647. The Hall–Kier alpha value is -3.05. The maximum atomic E-state index is 13.1. The maximum Gasteiger partial charge on any atom is 0.419 e. The number of hydrogen-bond donors (Lipinski definition) is 1. The molecule has 0 bridgehead atoms. The van der Waals surface area contributed by atoms with Crippen LogP contribution in [0.2, 0.25) is 5.15 Å². The molecule has 0 amide bonds. The molecule has 2 heterocycles. The lowest BCUT2D eigenvalue weighted by atomic mass is 10.1. The van der Waals surface area contributed by atoms with E-state index in [2.05, 4.69) is 4.98 Å². The third kappa shape index (κ3) is 3.08. The third-order valence-electron chi connectivity index (χ3n) is 4.48. The number of hydrogen-bond acceptors (Lipinski definition) is 3. The van der Waals surface area contributed by atoms with Crippen LogP contribution in [0.4, 0.5) is 4.79 Å². The summed E-state index contributed by atoms with van der Waals surface area (Å²) in [5, 5.41) is 3.04. The monoisotopic (exact) mass is 394 g/mol. The summed E-state index contributed by atoms with van der Waals surface area (Å²) in [5.74, 6) is 0. The van der Waals surface area contributed by atoms with E-state index < -0.39 is 11.7 Å². The fourth-order valence-electron chi connectivity index (χ4n) is 3.37. The number of aldehydes is 1. The number of ether oxygens (including phenoxy) is 1. The fourth-order valence-corrected chi connectivity index (χ4v) is 3.64. The molecule has 6 heteroatoms. The SMILES string of the molecule is CC(C)(C)OC(=O)n1c(-c2cccc3c[nH]c(Cl)c23)cc2cc(C=O)ccc21. The lowest BCUT2D eigenvalue weighted by molar-refractivity contribution is 0.0547. The predicted molar refractivity (Wildman–Crippen MR) is 111 cm³/mol. The van der Waals surface area contributed by atoms with Crippen LogP contribution >= 0.6 is 11.6 Å². The molecular weight excluding hydrogens is 376 g/mol. The molecule has 0 spiro atoms. The molecular formula is C22H19ClN2O3. The maximum absolute atomic E-state index is 13.1. The highest BCUT2D eigenvalue weighted by Gasteiger charge is 2.24. The predicted octanol–water partition coefficient (Wildman–Crippen LogP) is 6.04. The number of nitrogens with zero attached hydrogens (tertiary/aromatic N) is 1. The molecule has 0 saturated carbocycles. The molecule has 142 valence electrons. The van der Waals surface area contributed by atoms with Crippen molar-refractivity contribution in [1.29, 1.82) is 0 Å². The van der Waals surface area contributed by atoms with Gasteiger partial charge in [-0.3, -0.25) is 4.79 Å². The van der Waals surface area contributed by atoms with E-state index in [1.807, 2.05) is 51.2 Å². The highest BCUT2D eigenvalue weighted by Crippen LogP contribution is 2.37. The summed E-state index contributed by atoms with van der Waals surface area (Å²) in [5.41, 5.74) is 2.01. The van der Waals surface area contributed by atoms with E-state index in [0.717, 1.165) is 28.0 Å². The third-order valence-corrected chi connectivity index (χ3v) is 4.78. The van der Waals surface area contributed by atoms with Gasteiger partial charge in [-0.2, -0.15) is 0 Å². The Kier molecular flexibility index (Phi) is 4.27. The molecule has 0 saturated heterocycles. The lowest BCUT2D eigenvalue weighted by Gasteiger charge is -2.21. The van der Waals surface area contributed by atoms with Gasteiger partial charge in [-0.15, -0.1) is 0 Å². The minimum Gasteiger partial charge on any atom is -0.443 e. The second-order valence-corrected chi connectivity index (χ2v) is 8.03. The zero-order valence-corrected chi connectivity index (χ0v) is 16.5. The number of rotatable bonds is 2. The normalized spacial score (nSPS) is 11.9. The molecule has 5 nitrogen and oxygen atoms in total. The lowest BCUT2D eigenvalue weighted by Crippen LogP contribution is -2.27. The highest BCUT2D eigenvalue weighted by molar-refractivity contribution is 6.35. The van der Waals surface area contributed by atoms with Gasteiger partial charge in [0.2, 0.25) is 0 Å². The van der Waals surface area contributed by atoms with Gasteiger partial charge in [0.15, 0.2) is 0 Å². The van der Waals surface area contributed by atoms with E-state index in [-0.39, 0.29) is 0 Å². The molecule has 2 aromatic heterocycles. The van der Waals surface area contributed by atoms with Gasteiger partial charge in [-0.1, -0.05) is 29.8 Å². The molecule has 0 aliphatic heterocycles. The Morgan fingerprint density at radius 1 is 1.14 bits per heavy atom. The van der Waals surface area contributed by atoms with Gasteiger partial charge in [0.05, 0.1) is 11.2 Å². The number of halogens is 1. The Balaban J connectivity index is 2.04. The first-order chi connectivity index (χ1) is 13.3. The van der Waals surface area contributed by atoms with E-state index in [4.69, 9.17) is 16.3 Å².